The minimum absolute atomic E-state index is 0.465. The highest BCUT2D eigenvalue weighted by atomic mass is 79.9. The van der Waals surface area contributed by atoms with E-state index in [1.54, 1.807) is 6.08 Å². The van der Waals surface area contributed by atoms with Crippen molar-refractivity contribution in [3.8, 4) is 5.75 Å². The van der Waals surface area contributed by atoms with E-state index in [-0.39, 0.29) is 0 Å². The van der Waals surface area contributed by atoms with Gasteiger partial charge in [-0.3, -0.25) is 0 Å². The van der Waals surface area contributed by atoms with Crippen LogP contribution in [0, 0.1) is 0 Å². The van der Waals surface area contributed by atoms with E-state index in [2.05, 4.69) is 42.4 Å². The zero-order chi connectivity index (χ0) is 10.6. The van der Waals surface area contributed by atoms with Gasteiger partial charge in [0.2, 0.25) is 0 Å². The van der Waals surface area contributed by atoms with Gasteiger partial charge in [0.15, 0.2) is 0 Å². The van der Waals surface area contributed by atoms with Gasteiger partial charge in [-0.25, -0.2) is 0 Å². The Morgan fingerprint density at radius 2 is 2.21 bits per heavy atom. The quantitative estimate of drug-likeness (QED) is 0.735. The molecule has 0 unspecified atom stereocenters. The second-order valence-electron chi connectivity index (χ2n) is 3.41. The lowest BCUT2D eigenvalue weighted by Gasteiger charge is -2.14. The first-order valence-electron chi connectivity index (χ1n) is 4.69. The summed E-state index contributed by atoms with van der Waals surface area (Å²) in [6.45, 7) is 8.49. The van der Waals surface area contributed by atoms with Crippen molar-refractivity contribution in [3.05, 3.63) is 40.9 Å². The van der Waals surface area contributed by atoms with Gasteiger partial charge in [0.05, 0.1) is 4.47 Å². The predicted octanol–water partition coefficient (Wildman–Crippen LogP) is 4.14. The number of rotatable bonds is 4. The molecule has 0 fully saturated rings. The highest BCUT2D eigenvalue weighted by Crippen LogP contribution is 2.33. The van der Waals surface area contributed by atoms with Crippen molar-refractivity contribution < 1.29 is 4.74 Å². The summed E-state index contributed by atoms with van der Waals surface area (Å²) < 4.78 is 6.62. The molecule has 1 rings (SSSR count). The van der Waals surface area contributed by atoms with Gasteiger partial charge in [-0.15, -0.1) is 0 Å². The van der Waals surface area contributed by atoms with Crippen LogP contribution in [0.15, 0.2) is 35.3 Å². The Bertz CT molecular complexity index is 318. The number of hydrogen-bond acceptors (Lipinski definition) is 1. The molecule has 0 aromatic heterocycles. The van der Waals surface area contributed by atoms with Crippen LogP contribution >= 0.6 is 15.9 Å². The number of benzene rings is 1. The molecule has 14 heavy (non-hydrogen) atoms. The van der Waals surface area contributed by atoms with Crippen molar-refractivity contribution >= 4 is 15.9 Å². The first-order chi connectivity index (χ1) is 6.66. The third-order valence-electron chi connectivity index (χ3n) is 1.96. The molecule has 1 nitrogen and oxygen atoms in total. The second-order valence-corrected chi connectivity index (χ2v) is 4.27. The summed E-state index contributed by atoms with van der Waals surface area (Å²) in [5, 5.41) is 0. The molecule has 0 saturated carbocycles. The molecule has 0 radical (unpaired) electrons. The smallest absolute Gasteiger partial charge is 0.137 e. The average Bonchev–Trinajstić information content (AvgIpc) is 2.15. The van der Waals surface area contributed by atoms with E-state index >= 15 is 0 Å². The standard InChI is InChI=1S/C12H15BrO/c1-4-8-14-12-10(9(2)3)6-5-7-11(12)13/h4-7,9H,1,8H2,2-3H3. The Hall–Kier alpha value is -0.760. The molecule has 0 spiro atoms. The fourth-order valence-electron chi connectivity index (χ4n) is 1.27. The van der Waals surface area contributed by atoms with E-state index < -0.39 is 0 Å². The van der Waals surface area contributed by atoms with Gasteiger partial charge in [0, 0.05) is 0 Å². The minimum Gasteiger partial charge on any atom is -0.488 e. The number of para-hydroxylation sites is 1. The van der Waals surface area contributed by atoms with E-state index in [0.29, 0.717) is 12.5 Å². The van der Waals surface area contributed by atoms with E-state index in [4.69, 9.17) is 4.74 Å². The van der Waals surface area contributed by atoms with Crippen molar-refractivity contribution in [1.82, 2.24) is 0 Å². The molecule has 1 aromatic carbocycles. The maximum absolute atomic E-state index is 5.61. The molecule has 0 bridgehead atoms. The molecule has 0 N–H and O–H groups in total. The van der Waals surface area contributed by atoms with Crippen molar-refractivity contribution in [1.29, 1.82) is 0 Å². The third-order valence-corrected chi connectivity index (χ3v) is 2.59. The lowest BCUT2D eigenvalue weighted by atomic mass is 10.0. The largest absolute Gasteiger partial charge is 0.488 e. The second kappa shape index (κ2) is 5.20. The van der Waals surface area contributed by atoms with Crippen LogP contribution < -0.4 is 4.74 Å². The van der Waals surface area contributed by atoms with Gasteiger partial charge >= 0.3 is 0 Å². The Kier molecular flexibility index (Phi) is 4.21. The summed E-state index contributed by atoms with van der Waals surface area (Å²) in [4.78, 5) is 0. The van der Waals surface area contributed by atoms with Crippen molar-refractivity contribution in [2.24, 2.45) is 0 Å². The van der Waals surface area contributed by atoms with Crippen LogP contribution in [0.2, 0.25) is 0 Å². The molecule has 0 aliphatic heterocycles. The summed E-state index contributed by atoms with van der Waals surface area (Å²) in [6.07, 6.45) is 1.75. The maximum atomic E-state index is 5.61. The van der Waals surface area contributed by atoms with Gasteiger partial charge in [-0.05, 0) is 33.5 Å². The van der Waals surface area contributed by atoms with E-state index in [0.717, 1.165) is 10.2 Å². The van der Waals surface area contributed by atoms with Gasteiger partial charge < -0.3 is 4.74 Å². The van der Waals surface area contributed by atoms with Gasteiger partial charge in [-0.2, -0.15) is 0 Å². The molecule has 76 valence electrons. The Balaban J connectivity index is 3.02. The number of hydrogen-bond donors (Lipinski definition) is 0. The summed E-state index contributed by atoms with van der Waals surface area (Å²) in [6, 6.07) is 6.11. The zero-order valence-corrected chi connectivity index (χ0v) is 10.2. The van der Waals surface area contributed by atoms with Crippen molar-refractivity contribution in [3.63, 3.8) is 0 Å². The molecule has 0 amide bonds. The fourth-order valence-corrected chi connectivity index (χ4v) is 1.77. The monoisotopic (exact) mass is 254 g/mol. The van der Waals surface area contributed by atoms with Crippen molar-refractivity contribution in [2.75, 3.05) is 6.61 Å². The van der Waals surface area contributed by atoms with E-state index in [1.165, 1.54) is 5.56 Å². The number of ether oxygens (including phenoxy) is 1. The predicted molar refractivity (Wildman–Crippen MR) is 63.9 cm³/mol. The lowest BCUT2D eigenvalue weighted by molar-refractivity contribution is 0.355. The molecule has 2 heteroatoms. The Labute approximate surface area is 93.9 Å². The lowest BCUT2D eigenvalue weighted by Crippen LogP contribution is -1.99. The Morgan fingerprint density at radius 3 is 2.79 bits per heavy atom. The topological polar surface area (TPSA) is 9.23 Å². The molecule has 0 saturated heterocycles. The highest BCUT2D eigenvalue weighted by Gasteiger charge is 2.10. The van der Waals surface area contributed by atoms with Crippen LogP contribution in [0.1, 0.15) is 25.3 Å². The van der Waals surface area contributed by atoms with Crippen LogP contribution in [0.4, 0.5) is 0 Å². The molecule has 0 heterocycles. The van der Waals surface area contributed by atoms with Crippen LogP contribution in [0.5, 0.6) is 5.75 Å². The van der Waals surface area contributed by atoms with Gasteiger partial charge in [0.25, 0.3) is 0 Å². The first-order valence-corrected chi connectivity index (χ1v) is 5.48. The third kappa shape index (κ3) is 2.61. The van der Waals surface area contributed by atoms with E-state index in [1.807, 2.05) is 12.1 Å². The molecule has 0 aliphatic carbocycles. The number of halogens is 1. The zero-order valence-electron chi connectivity index (χ0n) is 8.59. The molecular formula is C12H15BrO. The molecule has 0 atom stereocenters. The summed E-state index contributed by atoms with van der Waals surface area (Å²) >= 11 is 3.49. The molecule has 0 aliphatic rings. The molecule has 1 aromatic rings. The SMILES string of the molecule is C=CCOc1c(Br)cccc1C(C)C. The fraction of sp³-hybridized carbons (Fsp3) is 0.333. The van der Waals surface area contributed by atoms with Crippen LogP contribution in [0.25, 0.3) is 0 Å². The van der Waals surface area contributed by atoms with Crippen LogP contribution in [-0.2, 0) is 0 Å². The van der Waals surface area contributed by atoms with Crippen LogP contribution in [0.3, 0.4) is 0 Å². The normalized spacial score (nSPS) is 10.3. The average molecular weight is 255 g/mol. The molecular weight excluding hydrogens is 240 g/mol. The first kappa shape index (κ1) is 11.3. The van der Waals surface area contributed by atoms with Gasteiger partial charge in [0.1, 0.15) is 12.4 Å². The maximum Gasteiger partial charge on any atom is 0.137 e. The summed E-state index contributed by atoms with van der Waals surface area (Å²) in [7, 11) is 0. The van der Waals surface area contributed by atoms with Crippen LogP contribution in [-0.4, -0.2) is 6.61 Å². The minimum atomic E-state index is 0.465. The summed E-state index contributed by atoms with van der Waals surface area (Å²) in [5.41, 5.74) is 1.22. The van der Waals surface area contributed by atoms with E-state index in [9.17, 15) is 0 Å². The summed E-state index contributed by atoms with van der Waals surface area (Å²) in [5.74, 6) is 1.40. The van der Waals surface area contributed by atoms with Gasteiger partial charge in [-0.1, -0.05) is 38.6 Å². The Morgan fingerprint density at radius 1 is 1.50 bits per heavy atom. The van der Waals surface area contributed by atoms with Crippen molar-refractivity contribution in [2.45, 2.75) is 19.8 Å². The highest BCUT2D eigenvalue weighted by molar-refractivity contribution is 9.10.